The van der Waals surface area contributed by atoms with Gasteiger partial charge in [0.1, 0.15) is 12.1 Å². The second-order valence-electron chi connectivity index (χ2n) is 6.85. The highest BCUT2D eigenvalue weighted by Gasteiger charge is 2.29. The van der Waals surface area contributed by atoms with Gasteiger partial charge < -0.3 is 10.1 Å². The monoisotopic (exact) mass is 478 g/mol. The lowest BCUT2D eigenvalue weighted by atomic mass is 10.1. The van der Waals surface area contributed by atoms with Crippen molar-refractivity contribution in [3.05, 3.63) is 69.8 Å². The van der Waals surface area contributed by atoms with Crippen LogP contribution in [0.2, 0.25) is 5.02 Å². The minimum absolute atomic E-state index is 0.0718. The summed E-state index contributed by atoms with van der Waals surface area (Å²) < 4.78 is 18.0. The van der Waals surface area contributed by atoms with Crippen molar-refractivity contribution in [1.29, 1.82) is 0 Å². The molecule has 5 nitrogen and oxygen atoms in total. The predicted molar refractivity (Wildman–Crippen MR) is 131 cm³/mol. The molecule has 31 heavy (non-hydrogen) atoms. The van der Waals surface area contributed by atoms with Gasteiger partial charge in [-0.1, -0.05) is 28.5 Å². The van der Waals surface area contributed by atoms with Crippen LogP contribution in [0.1, 0.15) is 17.3 Å². The van der Waals surface area contributed by atoms with Gasteiger partial charge in [0.2, 0.25) is 0 Å². The zero-order valence-corrected chi connectivity index (χ0v) is 19.6. The first kappa shape index (κ1) is 23.6. The highest BCUT2D eigenvalue weighted by molar-refractivity contribution is 8.10. The summed E-state index contributed by atoms with van der Waals surface area (Å²) in [5, 5.41) is 5.11. The molecule has 1 fully saturated rings. The maximum Gasteiger partial charge on any atom is 0.141 e. The Hall–Kier alpha value is -2.10. The first-order chi connectivity index (χ1) is 14.9. The fraction of sp³-hybridized carbons (Fsp3) is 0.227. The Morgan fingerprint density at radius 3 is 2.84 bits per heavy atom. The second kappa shape index (κ2) is 11.0. The predicted octanol–water partition coefficient (Wildman–Crippen LogP) is 5.40. The zero-order chi connectivity index (χ0) is 22.4. The number of nitrogens with one attached hydrogen (secondary N) is 2. The van der Waals surface area contributed by atoms with Crippen LogP contribution in [-0.4, -0.2) is 41.6 Å². The standard InChI is InChI=1S/C15H17N3OS2.C7H7ClFN/c1-18-12(9-19)8-14(17-21(18)2)15-7-11(10-20-15)13-5-3-4-6-16-13;1-10-5-2-3-7(9)6(8)4-5/h3-7,9-10,12,14,17H,2,8H2,1H3;2-4,10H,1H3. The molecule has 2 aromatic heterocycles. The van der Waals surface area contributed by atoms with Crippen LogP contribution in [-0.2, 0) is 4.79 Å². The van der Waals surface area contributed by atoms with Crippen LogP contribution in [0.15, 0.2) is 54.0 Å². The van der Waals surface area contributed by atoms with Crippen LogP contribution < -0.4 is 10.0 Å². The van der Waals surface area contributed by atoms with Gasteiger partial charge in [0, 0.05) is 34.8 Å². The molecule has 0 bridgehead atoms. The molecule has 0 saturated carbocycles. The summed E-state index contributed by atoms with van der Waals surface area (Å²) in [6.07, 6.45) is 3.60. The van der Waals surface area contributed by atoms with Gasteiger partial charge >= 0.3 is 0 Å². The number of carbonyl (C=O) groups excluding carboxylic acids is 1. The first-order valence-electron chi connectivity index (χ1n) is 9.54. The number of aromatic nitrogens is 1. The van der Waals surface area contributed by atoms with Crippen molar-refractivity contribution in [2.45, 2.75) is 18.5 Å². The molecule has 1 aliphatic heterocycles. The van der Waals surface area contributed by atoms with Crippen LogP contribution in [0.4, 0.5) is 10.1 Å². The van der Waals surface area contributed by atoms with Crippen LogP contribution in [0.25, 0.3) is 11.3 Å². The number of thiophene rings is 1. The van der Waals surface area contributed by atoms with E-state index >= 15 is 0 Å². The van der Waals surface area contributed by atoms with Gasteiger partial charge in [-0.3, -0.25) is 4.98 Å². The molecule has 3 aromatic rings. The number of rotatable bonds is 4. The molecule has 0 spiro atoms. The van der Waals surface area contributed by atoms with E-state index in [0.29, 0.717) is 0 Å². The summed E-state index contributed by atoms with van der Waals surface area (Å²) >= 11 is 7.18. The fourth-order valence-corrected chi connectivity index (χ4v) is 5.42. The molecule has 4 rings (SSSR count). The van der Waals surface area contributed by atoms with Gasteiger partial charge in [0.25, 0.3) is 0 Å². The van der Waals surface area contributed by atoms with E-state index in [0.717, 1.165) is 29.7 Å². The van der Waals surface area contributed by atoms with Crippen molar-refractivity contribution in [2.75, 3.05) is 19.4 Å². The fourth-order valence-electron chi connectivity index (χ4n) is 3.02. The quantitative estimate of drug-likeness (QED) is 0.388. The number of likely N-dealkylation sites (N-methyl/N-ethyl adjacent to an activating group) is 1. The highest BCUT2D eigenvalue weighted by Crippen LogP contribution is 2.36. The summed E-state index contributed by atoms with van der Waals surface area (Å²) in [5.74, 6) is 3.71. The van der Waals surface area contributed by atoms with Crippen LogP contribution in [0.5, 0.6) is 0 Å². The number of carbonyl (C=O) groups is 1. The van der Waals surface area contributed by atoms with Gasteiger partial charge in [-0.05, 0) is 55.7 Å². The molecule has 0 radical (unpaired) electrons. The van der Waals surface area contributed by atoms with Crippen molar-refractivity contribution in [3.8, 4) is 11.3 Å². The summed E-state index contributed by atoms with van der Waals surface area (Å²) in [6.45, 7) is 0. The van der Waals surface area contributed by atoms with E-state index in [4.69, 9.17) is 11.6 Å². The lowest BCUT2D eigenvalue weighted by Crippen LogP contribution is -2.41. The van der Waals surface area contributed by atoms with Crippen molar-refractivity contribution < 1.29 is 9.18 Å². The number of benzene rings is 1. The molecular formula is C22H24ClFN4OS2. The van der Waals surface area contributed by atoms with Crippen molar-refractivity contribution >= 4 is 51.6 Å². The van der Waals surface area contributed by atoms with Gasteiger partial charge in [-0.25, -0.2) is 13.4 Å². The summed E-state index contributed by atoms with van der Waals surface area (Å²) in [4.78, 5) is 16.8. The molecule has 9 heteroatoms. The average Bonchev–Trinajstić information content (AvgIpc) is 3.29. The van der Waals surface area contributed by atoms with Crippen molar-refractivity contribution in [2.24, 2.45) is 0 Å². The lowest BCUT2D eigenvalue weighted by Gasteiger charge is -2.36. The van der Waals surface area contributed by atoms with E-state index in [2.05, 4.69) is 32.3 Å². The van der Waals surface area contributed by atoms with Gasteiger partial charge in [0.15, 0.2) is 0 Å². The summed E-state index contributed by atoms with van der Waals surface area (Å²) in [6, 6.07) is 12.7. The second-order valence-corrected chi connectivity index (χ2v) is 9.74. The van der Waals surface area contributed by atoms with Crippen LogP contribution in [0.3, 0.4) is 0 Å². The van der Waals surface area contributed by atoms with Gasteiger partial charge in [0.05, 0.1) is 22.8 Å². The molecule has 0 amide bonds. The smallest absolute Gasteiger partial charge is 0.141 e. The van der Waals surface area contributed by atoms with Crippen molar-refractivity contribution in [3.63, 3.8) is 0 Å². The molecule has 3 atom stereocenters. The summed E-state index contributed by atoms with van der Waals surface area (Å²) in [7, 11) is 3.35. The van der Waals surface area contributed by atoms with E-state index in [1.165, 1.54) is 17.0 Å². The van der Waals surface area contributed by atoms with Gasteiger partial charge in [-0.2, -0.15) is 0 Å². The molecule has 1 saturated heterocycles. The van der Waals surface area contributed by atoms with E-state index in [1.807, 2.05) is 29.6 Å². The third kappa shape index (κ3) is 5.99. The van der Waals surface area contributed by atoms with Crippen LogP contribution in [0, 0.1) is 5.82 Å². The number of halogens is 2. The average molecular weight is 479 g/mol. The first-order valence-corrected chi connectivity index (χ1v) is 12.1. The largest absolute Gasteiger partial charge is 0.388 e. The van der Waals surface area contributed by atoms with E-state index in [1.54, 1.807) is 30.6 Å². The number of nitrogens with zero attached hydrogens (tertiary/aromatic N) is 2. The third-order valence-electron chi connectivity index (χ3n) is 4.86. The number of anilines is 1. The van der Waals surface area contributed by atoms with E-state index in [9.17, 15) is 9.18 Å². The molecule has 3 heterocycles. The minimum Gasteiger partial charge on any atom is -0.388 e. The van der Waals surface area contributed by atoms with Gasteiger partial charge in [-0.15, -0.1) is 11.3 Å². The minimum atomic E-state index is -0.388. The van der Waals surface area contributed by atoms with E-state index in [-0.39, 0.29) is 33.8 Å². The Kier molecular flexibility index (Phi) is 8.34. The maximum absolute atomic E-state index is 12.5. The highest BCUT2D eigenvalue weighted by atomic mass is 35.5. The number of hydrogen-bond donors (Lipinski definition) is 2. The SMILES string of the molecule is C=S1NC(c2cc(-c3ccccn3)cs2)CC(C=O)N1C.CNc1ccc(F)c(Cl)c1. The molecule has 3 unspecified atom stereocenters. The van der Waals surface area contributed by atoms with Crippen LogP contribution >= 0.6 is 33.8 Å². The molecule has 1 aromatic carbocycles. The normalized spacial score (nSPS) is 21.1. The van der Waals surface area contributed by atoms with E-state index < -0.39 is 0 Å². The topological polar surface area (TPSA) is 57.3 Å². The molecule has 0 aliphatic carbocycles. The summed E-state index contributed by atoms with van der Waals surface area (Å²) in [5.41, 5.74) is 2.92. The Morgan fingerprint density at radius 1 is 1.39 bits per heavy atom. The third-order valence-corrected chi connectivity index (χ3v) is 7.72. The Balaban J connectivity index is 0.000000229. The molecule has 164 valence electrons. The molecule has 1 aliphatic rings. The number of aldehydes is 1. The maximum atomic E-state index is 12.5. The number of hydrogen-bond acceptors (Lipinski definition) is 6. The Morgan fingerprint density at radius 2 is 2.19 bits per heavy atom. The molecule has 2 N–H and O–H groups in total. The van der Waals surface area contributed by atoms with Crippen molar-refractivity contribution in [1.82, 2.24) is 14.0 Å². The zero-order valence-electron chi connectivity index (χ0n) is 17.2. The lowest BCUT2D eigenvalue weighted by molar-refractivity contribution is -0.111. The molecular weight excluding hydrogens is 455 g/mol. The Labute approximate surface area is 193 Å². The number of pyridine rings is 1. The Bertz CT molecular complexity index is 1050.